The lowest BCUT2D eigenvalue weighted by molar-refractivity contribution is -0.492. The lowest BCUT2D eigenvalue weighted by Crippen LogP contribution is -2.17. The maximum absolute atomic E-state index is 10.5. The molecule has 0 aromatic rings. The zero-order chi connectivity index (χ0) is 8.69. The molecule has 0 atom stereocenters. The molecule has 0 saturated carbocycles. The van der Waals surface area contributed by atoms with Crippen molar-refractivity contribution in [1.82, 2.24) is 5.39 Å². The van der Waals surface area contributed by atoms with Gasteiger partial charge in [-0.3, -0.25) is 20.0 Å². The van der Waals surface area contributed by atoms with Gasteiger partial charge in [-0.15, -0.1) is 0 Å². The van der Waals surface area contributed by atoms with Crippen LogP contribution in [0.5, 0.6) is 0 Å². The molecule has 0 amide bonds. The van der Waals surface area contributed by atoms with Gasteiger partial charge in [-0.2, -0.15) is 0 Å². The van der Waals surface area contributed by atoms with Gasteiger partial charge in [-0.25, -0.2) is 0 Å². The van der Waals surface area contributed by atoms with Gasteiger partial charge in [0.15, 0.2) is 0 Å². The van der Waals surface area contributed by atoms with Gasteiger partial charge in [-0.1, -0.05) is 0 Å². The lowest BCUT2D eigenvalue weighted by Gasteiger charge is -2.04. The van der Waals surface area contributed by atoms with Gasteiger partial charge in [0.25, 0.3) is 0 Å². The molecule has 0 unspecified atom stereocenters. The quantitative estimate of drug-likeness (QED) is 0.439. The van der Waals surface area contributed by atoms with Gasteiger partial charge in [0.2, 0.25) is 0 Å². The van der Waals surface area contributed by atoms with Gasteiger partial charge in [0, 0.05) is 0 Å². The highest BCUT2D eigenvalue weighted by Crippen LogP contribution is 1.88. The normalized spacial score (nSPS) is 10.2. The zero-order valence-electron chi connectivity index (χ0n) is 6.19. The molecular formula is C5H11NO5. The van der Waals surface area contributed by atoms with E-state index in [1.165, 1.54) is 0 Å². The largest absolute Gasteiger partial charge is 0.466 e. The van der Waals surface area contributed by atoms with E-state index in [4.69, 9.17) is 10.4 Å². The summed E-state index contributed by atoms with van der Waals surface area (Å²) in [6.07, 6.45) is -0.00847. The SMILES string of the molecule is CCOC(=O)CCON(O)O. The maximum atomic E-state index is 10.5. The van der Waals surface area contributed by atoms with Gasteiger partial charge in [-0.05, 0) is 6.92 Å². The first kappa shape index (κ1) is 10.3. The summed E-state index contributed by atoms with van der Waals surface area (Å²) in [7, 11) is 0. The summed E-state index contributed by atoms with van der Waals surface area (Å²) in [4.78, 5) is 14.6. The molecule has 6 nitrogen and oxygen atoms in total. The Kier molecular flexibility index (Phi) is 5.67. The first-order chi connectivity index (χ1) is 5.16. The van der Waals surface area contributed by atoms with E-state index in [0.29, 0.717) is 6.61 Å². The van der Waals surface area contributed by atoms with Crippen LogP contribution in [-0.4, -0.2) is 35.0 Å². The van der Waals surface area contributed by atoms with Gasteiger partial charge in [0.1, 0.15) is 0 Å². The molecule has 2 N–H and O–H groups in total. The van der Waals surface area contributed by atoms with Crippen molar-refractivity contribution in [2.75, 3.05) is 13.2 Å². The highest BCUT2D eigenvalue weighted by atomic mass is 17.1. The van der Waals surface area contributed by atoms with Crippen LogP contribution in [-0.2, 0) is 14.4 Å². The average molecular weight is 165 g/mol. The fourth-order valence-corrected chi connectivity index (χ4v) is 0.444. The van der Waals surface area contributed by atoms with E-state index in [2.05, 4.69) is 9.57 Å². The van der Waals surface area contributed by atoms with Crippen LogP contribution < -0.4 is 0 Å². The lowest BCUT2D eigenvalue weighted by atomic mass is 10.5. The summed E-state index contributed by atoms with van der Waals surface area (Å²) in [6, 6.07) is 0. The van der Waals surface area contributed by atoms with Crippen LogP contribution in [0.3, 0.4) is 0 Å². The van der Waals surface area contributed by atoms with E-state index in [1.807, 2.05) is 0 Å². The summed E-state index contributed by atoms with van der Waals surface area (Å²) in [6.45, 7) is 1.87. The second-order valence-corrected chi connectivity index (χ2v) is 1.64. The van der Waals surface area contributed by atoms with Gasteiger partial charge < -0.3 is 4.74 Å². The first-order valence-corrected chi connectivity index (χ1v) is 3.13. The zero-order valence-corrected chi connectivity index (χ0v) is 6.19. The molecule has 0 aliphatic rings. The van der Waals surface area contributed by atoms with E-state index in [-0.39, 0.29) is 13.0 Å². The van der Waals surface area contributed by atoms with Crippen LogP contribution in [0.4, 0.5) is 0 Å². The van der Waals surface area contributed by atoms with Gasteiger partial charge >= 0.3 is 5.97 Å². The fourth-order valence-electron chi connectivity index (χ4n) is 0.444. The number of ether oxygens (including phenoxy) is 1. The molecule has 0 aromatic heterocycles. The molecule has 11 heavy (non-hydrogen) atoms. The highest BCUT2D eigenvalue weighted by molar-refractivity contribution is 5.69. The molecule has 0 rings (SSSR count). The van der Waals surface area contributed by atoms with Crippen LogP contribution in [0.1, 0.15) is 13.3 Å². The summed E-state index contributed by atoms with van der Waals surface area (Å²) in [5.74, 6) is -0.436. The van der Waals surface area contributed by atoms with Crippen LogP contribution in [0, 0.1) is 0 Å². The summed E-state index contributed by atoms with van der Waals surface area (Å²) in [5, 5.41) is 15.6. The molecular weight excluding hydrogens is 154 g/mol. The van der Waals surface area contributed by atoms with Crippen LogP contribution in [0.2, 0.25) is 0 Å². The highest BCUT2D eigenvalue weighted by Gasteiger charge is 2.02. The van der Waals surface area contributed by atoms with E-state index < -0.39 is 11.4 Å². The number of carbonyl (C=O) groups excluding carboxylic acids is 1. The Bertz CT molecular complexity index is 115. The van der Waals surface area contributed by atoms with Crippen LogP contribution in [0.25, 0.3) is 0 Å². The Labute approximate surface area is 63.8 Å². The molecule has 0 heterocycles. The number of nitrogens with zero attached hydrogens (tertiary/aromatic N) is 1. The second kappa shape index (κ2) is 6.05. The molecule has 0 saturated heterocycles. The molecule has 0 aromatic carbocycles. The van der Waals surface area contributed by atoms with Gasteiger partial charge in [0.05, 0.1) is 25.0 Å². The minimum atomic E-state index is -0.445. The molecule has 0 radical (unpaired) electrons. The van der Waals surface area contributed by atoms with Crippen molar-refractivity contribution < 1.29 is 24.8 Å². The van der Waals surface area contributed by atoms with Crippen molar-refractivity contribution in [2.45, 2.75) is 13.3 Å². The molecule has 66 valence electrons. The van der Waals surface area contributed by atoms with Crippen LogP contribution >= 0.6 is 0 Å². The number of rotatable bonds is 5. The minimum absolute atomic E-state index is 0.00847. The monoisotopic (exact) mass is 165 g/mol. The number of hydrogen-bond donors (Lipinski definition) is 2. The van der Waals surface area contributed by atoms with Crippen molar-refractivity contribution in [3.63, 3.8) is 0 Å². The molecule has 0 aliphatic carbocycles. The van der Waals surface area contributed by atoms with E-state index in [1.54, 1.807) is 6.92 Å². The van der Waals surface area contributed by atoms with Crippen molar-refractivity contribution >= 4 is 5.97 Å². The molecule has 0 fully saturated rings. The van der Waals surface area contributed by atoms with Crippen molar-refractivity contribution in [2.24, 2.45) is 0 Å². The Morgan fingerprint density at radius 3 is 2.64 bits per heavy atom. The van der Waals surface area contributed by atoms with Crippen molar-refractivity contribution in [1.29, 1.82) is 0 Å². The Balaban J connectivity index is 3.17. The standard InChI is InChI=1S/C5H11NO5/c1-2-10-5(7)3-4-11-6(8)9/h8-9H,2-4H2,1H3. The average Bonchev–Trinajstić information content (AvgIpc) is 1.87. The van der Waals surface area contributed by atoms with E-state index in [0.717, 1.165) is 0 Å². The smallest absolute Gasteiger partial charge is 0.308 e. The first-order valence-electron chi connectivity index (χ1n) is 3.13. The molecule has 0 aliphatic heterocycles. The third-order valence-electron chi connectivity index (χ3n) is 0.818. The molecule has 0 spiro atoms. The van der Waals surface area contributed by atoms with Crippen LogP contribution in [0.15, 0.2) is 0 Å². The molecule has 6 heteroatoms. The Morgan fingerprint density at radius 2 is 2.18 bits per heavy atom. The third kappa shape index (κ3) is 7.20. The molecule has 0 bridgehead atoms. The topological polar surface area (TPSA) is 79.2 Å². The second-order valence-electron chi connectivity index (χ2n) is 1.64. The Hall–Kier alpha value is -0.690. The number of esters is 1. The Morgan fingerprint density at radius 1 is 1.55 bits per heavy atom. The summed E-state index contributed by atoms with van der Waals surface area (Å²) >= 11 is 0. The third-order valence-corrected chi connectivity index (χ3v) is 0.818. The van der Waals surface area contributed by atoms with E-state index >= 15 is 0 Å². The fraction of sp³-hybridized carbons (Fsp3) is 0.800. The van der Waals surface area contributed by atoms with Crippen molar-refractivity contribution in [3.8, 4) is 0 Å². The number of hydrogen-bond acceptors (Lipinski definition) is 6. The summed E-state index contributed by atoms with van der Waals surface area (Å²) in [5.41, 5.74) is 0. The van der Waals surface area contributed by atoms with E-state index in [9.17, 15) is 4.79 Å². The number of carbonyl (C=O) groups is 1. The minimum Gasteiger partial charge on any atom is -0.466 e. The van der Waals surface area contributed by atoms with Crippen molar-refractivity contribution in [3.05, 3.63) is 0 Å². The predicted octanol–water partition coefficient (Wildman–Crippen LogP) is -0.0484. The maximum Gasteiger partial charge on any atom is 0.308 e. The summed E-state index contributed by atoms with van der Waals surface area (Å²) < 4.78 is 4.52. The predicted molar refractivity (Wildman–Crippen MR) is 32.6 cm³/mol.